The van der Waals surface area contributed by atoms with E-state index in [2.05, 4.69) is 34.6 Å². The number of urea groups is 1. The zero-order valence-electron chi connectivity index (χ0n) is 17.0. The van der Waals surface area contributed by atoms with Gasteiger partial charge in [-0.15, -0.1) is 0 Å². The molecule has 0 saturated heterocycles. The number of carbonyl (C=O) groups is 1. The van der Waals surface area contributed by atoms with Crippen LogP contribution < -0.4 is 16.4 Å². The van der Waals surface area contributed by atoms with Crippen LogP contribution in [0.25, 0.3) is 11.1 Å². The maximum absolute atomic E-state index is 12.5. The lowest BCUT2D eigenvalue weighted by atomic mass is 9.89. The first kappa shape index (κ1) is 20.2. The van der Waals surface area contributed by atoms with Gasteiger partial charge in [0.05, 0.1) is 11.2 Å². The molecular weight excluding hydrogens is 388 g/mol. The third-order valence-electron chi connectivity index (χ3n) is 5.91. The van der Waals surface area contributed by atoms with Crippen LogP contribution in [0.1, 0.15) is 51.6 Å². The topological polar surface area (TPSA) is 97.9 Å². The second-order valence-corrected chi connectivity index (χ2v) is 9.52. The van der Waals surface area contributed by atoms with E-state index in [4.69, 9.17) is 17.3 Å². The minimum Gasteiger partial charge on any atom is -0.335 e. The Labute approximate surface area is 176 Å². The highest BCUT2D eigenvalue weighted by atomic mass is 35.5. The van der Waals surface area contributed by atoms with E-state index < -0.39 is 0 Å². The van der Waals surface area contributed by atoms with Crippen molar-refractivity contribution in [1.82, 2.24) is 20.1 Å². The maximum Gasteiger partial charge on any atom is 0.320 e. The average molecular weight is 417 g/mol. The van der Waals surface area contributed by atoms with Crippen molar-refractivity contribution in [3.63, 3.8) is 0 Å². The Morgan fingerprint density at radius 2 is 2.07 bits per heavy atom. The Morgan fingerprint density at radius 1 is 1.24 bits per heavy atom. The fraction of sp³-hybridized carbons (Fsp3) is 0.571. The second-order valence-electron chi connectivity index (χ2n) is 9.12. The van der Waals surface area contributed by atoms with Gasteiger partial charge in [0.2, 0.25) is 0 Å². The molecule has 2 aromatic rings. The summed E-state index contributed by atoms with van der Waals surface area (Å²) in [5.74, 6) is 0.476. The first-order chi connectivity index (χ1) is 13.8. The standard InChI is InChI=1S/C21H29ClN6O/c1-21(2)9-18-16(10-25-28(18)12-21)15-8-19(24-11-17(15)22)27-20(29)26-14-5-3-4-13(23)6-7-14/h8,10-11,13-14H,3-7,9,12,23H2,1-2H3,(H2,24,26,27,29). The van der Waals surface area contributed by atoms with Gasteiger partial charge in [0.25, 0.3) is 0 Å². The molecule has 0 radical (unpaired) electrons. The fourth-order valence-corrected chi connectivity index (χ4v) is 4.60. The Bertz CT molecular complexity index is 909. The van der Waals surface area contributed by atoms with Crippen LogP contribution in [0.4, 0.5) is 10.6 Å². The van der Waals surface area contributed by atoms with Gasteiger partial charge in [0.15, 0.2) is 0 Å². The van der Waals surface area contributed by atoms with E-state index in [9.17, 15) is 4.79 Å². The van der Waals surface area contributed by atoms with Crippen molar-refractivity contribution in [3.05, 3.63) is 29.2 Å². The van der Waals surface area contributed by atoms with Gasteiger partial charge in [0.1, 0.15) is 5.82 Å². The molecule has 2 unspecified atom stereocenters. The van der Waals surface area contributed by atoms with Crippen LogP contribution in [0.3, 0.4) is 0 Å². The third-order valence-corrected chi connectivity index (χ3v) is 6.21. The number of amides is 2. The number of nitrogens with two attached hydrogens (primary N) is 1. The van der Waals surface area contributed by atoms with E-state index in [1.807, 2.05) is 16.9 Å². The lowest BCUT2D eigenvalue weighted by Gasteiger charge is -2.17. The van der Waals surface area contributed by atoms with Crippen LogP contribution in [0, 0.1) is 5.41 Å². The summed E-state index contributed by atoms with van der Waals surface area (Å²) < 4.78 is 2.04. The van der Waals surface area contributed by atoms with E-state index in [0.29, 0.717) is 10.8 Å². The van der Waals surface area contributed by atoms with Crippen molar-refractivity contribution >= 4 is 23.4 Å². The van der Waals surface area contributed by atoms with E-state index in [1.54, 1.807) is 6.20 Å². The number of nitrogens with one attached hydrogen (secondary N) is 2. The molecule has 1 saturated carbocycles. The number of aromatic nitrogens is 3. The molecule has 7 nitrogen and oxygen atoms in total. The van der Waals surface area contributed by atoms with E-state index in [0.717, 1.165) is 56.2 Å². The zero-order valence-corrected chi connectivity index (χ0v) is 17.8. The highest BCUT2D eigenvalue weighted by Gasteiger charge is 2.32. The third kappa shape index (κ3) is 4.56. The molecule has 0 spiro atoms. The summed E-state index contributed by atoms with van der Waals surface area (Å²) in [5.41, 5.74) is 9.23. The minimum absolute atomic E-state index is 0.150. The molecule has 4 N–H and O–H groups in total. The Hall–Kier alpha value is -2.12. The highest BCUT2D eigenvalue weighted by molar-refractivity contribution is 6.33. The smallest absolute Gasteiger partial charge is 0.320 e. The lowest BCUT2D eigenvalue weighted by molar-refractivity contribution is 0.247. The monoisotopic (exact) mass is 416 g/mol. The molecule has 2 aliphatic rings. The molecule has 1 fully saturated rings. The number of hydrogen-bond donors (Lipinski definition) is 3. The lowest BCUT2D eigenvalue weighted by Crippen LogP contribution is -2.38. The predicted octanol–water partition coefficient (Wildman–Crippen LogP) is 3.96. The zero-order chi connectivity index (χ0) is 20.6. The second kappa shape index (κ2) is 7.95. The number of carbonyl (C=O) groups excluding carboxylic acids is 1. The Morgan fingerprint density at radius 3 is 2.90 bits per heavy atom. The van der Waals surface area contributed by atoms with Crippen LogP contribution in [-0.4, -0.2) is 32.9 Å². The molecule has 2 aromatic heterocycles. The summed E-state index contributed by atoms with van der Waals surface area (Å²) in [6.07, 6.45) is 9.25. The molecule has 0 bridgehead atoms. The molecular formula is C21H29ClN6O. The van der Waals surface area contributed by atoms with Crippen molar-refractivity contribution in [2.24, 2.45) is 11.1 Å². The first-order valence-corrected chi connectivity index (χ1v) is 10.7. The van der Waals surface area contributed by atoms with Crippen molar-refractivity contribution in [3.8, 4) is 11.1 Å². The molecule has 29 heavy (non-hydrogen) atoms. The molecule has 2 atom stereocenters. The van der Waals surface area contributed by atoms with Gasteiger partial charge in [-0.05, 0) is 50.0 Å². The van der Waals surface area contributed by atoms with Gasteiger partial charge in [-0.2, -0.15) is 5.10 Å². The van der Waals surface area contributed by atoms with Crippen molar-refractivity contribution in [2.45, 2.75) is 71.0 Å². The summed E-state index contributed by atoms with van der Waals surface area (Å²) in [4.78, 5) is 16.8. The summed E-state index contributed by atoms with van der Waals surface area (Å²) in [7, 11) is 0. The Kier molecular flexibility index (Phi) is 5.53. The molecule has 1 aliphatic heterocycles. The molecule has 4 rings (SSSR count). The summed E-state index contributed by atoms with van der Waals surface area (Å²) >= 11 is 6.44. The van der Waals surface area contributed by atoms with Crippen LogP contribution >= 0.6 is 11.6 Å². The number of halogens is 1. The summed E-state index contributed by atoms with van der Waals surface area (Å²) in [6, 6.07) is 1.98. The van der Waals surface area contributed by atoms with Gasteiger partial charge in [0, 0.05) is 41.6 Å². The molecule has 156 valence electrons. The summed E-state index contributed by atoms with van der Waals surface area (Å²) in [5, 5.41) is 11.0. The quantitative estimate of drug-likeness (QED) is 0.659. The van der Waals surface area contributed by atoms with Crippen molar-refractivity contribution < 1.29 is 4.79 Å². The molecule has 8 heteroatoms. The SMILES string of the molecule is CC1(C)Cc2c(-c3cc(NC(=O)NC4CCCC(N)CC4)ncc3Cl)cnn2C1. The molecule has 0 aromatic carbocycles. The van der Waals surface area contributed by atoms with Gasteiger partial charge in [-0.1, -0.05) is 25.4 Å². The van der Waals surface area contributed by atoms with Crippen LogP contribution in [0.2, 0.25) is 5.02 Å². The number of hydrogen-bond acceptors (Lipinski definition) is 4. The van der Waals surface area contributed by atoms with Crippen LogP contribution in [0.15, 0.2) is 18.5 Å². The number of rotatable bonds is 3. The van der Waals surface area contributed by atoms with E-state index in [-0.39, 0.29) is 23.5 Å². The van der Waals surface area contributed by atoms with E-state index >= 15 is 0 Å². The number of nitrogens with zero attached hydrogens (tertiary/aromatic N) is 3. The average Bonchev–Trinajstić information content (AvgIpc) is 3.07. The van der Waals surface area contributed by atoms with Crippen LogP contribution in [-0.2, 0) is 13.0 Å². The number of pyridine rings is 1. The maximum atomic E-state index is 12.5. The van der Waals surface area contributed by atoms with Crippen molar-refractivity contribution in [1.29, 1.82) is 0 Å². The predicted molar refractivity (Wildman–Crippen MR) is 115 cm³/mol. The highest BCUT2D eigenvalue weighted by Crippen LogP contribution is 2.39. The van der Waals surface area contributed by atoms with Gasteiger partial charge < -0.3 is 11.1 Å². The number of fused-ring (bicyclic) bond motifs is 1. The largest absolute Gasteiger partial charge is 0.335 e. The van der Waals surface area contributed by atoms with E-state index in [1.165, 1.54) is 5.69 Å². The minimum atomic E-state index is -0.243. The van der Waals surface area contributed by atoms with Gasteiger partial charge in [-0.25, -0.2) is 9.78 Å². The van der Waals surface area contributed by atoms with Crippen molar-refractivity contribution in [2.75, 3.05) is 5.32 Å². The van der Waals surface area contributed by atoms with Crippen LogP contribution in [0.5, 0.6) is 0 Å². The normalized spacial score (nSPS) is 23.3. The van der Waals surface area contributed by atoms with Gasteiger partial charge >= 0.3 is 6.03 Å². The van der Waals surface area contributed by atoms with Gasteiger partial charge in [-0.3, -0.25) is 10.00 Å². The fourth-order valence-electron chi connectivity index (χ4n) is 4.40. The summed E-state index contributed by atoms with van der Waals surface area (Å²) in [6.45, 7) is 5.36. The number of anilines is 1. The molecule has 1 aliphatic carbocycles. The Balaban J connectivity index is 1.48. The molecule has 3 heterocycles. The first-order valence-electron chi connectivity index (χ1n) is 10.3. The molecule has 2 amide bonds.